The Morgan fingerprint density at radius 1 is 1.58 bits per heavy atom. The molecule has 0 spiro atoms. The first-order chi connectivity index (χ1) is 8.89. The second kappa shape index (κ2) is 5.13. The van der Waals surface area contributed by atoms with Crippen LogP contribution in [0.1, 0.15) is 5.01 Å². The van der Waals surface area contributed by atoms with E-state index in [2.05, 4.69) is 14.4 Å². The van der Waals surface area contributed by atoms with Crippen LogP contribution in [0.15, 0.2) is 23.4 Å². The van der Waals surface area contributed by atoms with E-state index >= 15 is 0 Å². The van der Waals surface area contributed by atoms with Crippen molar-refractivity contribution in [3.63, 3.8) is 0 Å². The summed E-state index contributed by atoms with van der Waals surface area (Å²) in [5, 5.41) is 13.0. The van der Waals surface area contributed by atoms with Gasteiger partial charge in [0.05, 0.1) is 16.5 Å². The van der Waals surface area contributed by atoms with Crippen LogP contribution < -0.4 is 0 Å². The Bertz CT molecular complexity index is 805. The van der Waals surface area contributed by atoms with Gasteiger partial charge in [0.2, 0.25) is 5.71 Å². The van der Waals surface area contributed by atoms with Gasteiger partial charge in [-0.2, -0.15) is 13.7 Å². The Morgan fingerprint density at radius 2 is 2.32 bits per heavy atom. The van der Waals surface area contributed by atoms with Crippen LogP contribution in [-0.2, 0) is 14.4 Å². The van der Waals surface area contributed by atoms with Gasteiger partial charge in [-0.25, -0.2) is 4.98 Å². The van der Waals surface area contributed by atoms with Crippen molar-refractivity contribution < 1.29 is 12.7 Å². The van der Waals surface area contributed by atoms with Crippen molar-refractivity contribution in [2.75, 3.05) is 6.26 Å². The summed E-state index contributed by atoms with van der Waals surface area (Å²) in [6.07, 6.45) is 0.837. The average molecular weight is 316 g/mol. The number of aromatic nitrogens is 1. The number of nitriles is 1. The average Bonchev–Trinajstić information content (AvgIpc) is 2.71. The van der Waals surface area contributed by atoms with Crippen LogP contribution in [0, 0.1) is 11.3 Å². The van der Waals surface area contributed by atoms with Crippen molar-refractivity contribution in [2.45, 2.75) is 0 Å². The summed E-state index contributed by atoms with van der Waals surface area (Å²) in [7, 11) is -3.76. The molecule has 9 heteroatoms. The predicted octanol–water partition coefficient (Wildman–Crippen LogP) is 2.15. The van der Waals surface area contributed by atoms with Crippen LogP contribution in [0.3, 0.4) is 0 Å². The van der Waals surface area contributed by atoms with E-state index in [9.17, 15) is 8.42 Å². The third-order valence-electron chi connectivity index (χ3n) is 1.92. The summed E-state index contributed by atoms with van der Waals surface area (Å²) < 4.78 is 26.7. The number of hydrogen-bond donors (Lipinski definition) is 0. The monoisotopic (exact) mass is 315 g/mol. The lowest BCUT2D eigenvalue weighted by Crippen LogP contribution is -2.02. The minimum absolute atomic E-state index is 0.206. The Labute approximate surface area is 118 Å². The minimum Gasteiger partial charge on any atom is -0.267 e. The molecule has 0 bridgehead atoms. The lowest BCUT2D eigenvalue weighted by Gasteiger charge is -1.93. The van der Waals surface area contributed by atoms with Gasteiger partial charge in [-0.1, -0.05) is 16.8 Å². The van der Waals surface area contributed by atoms with Gasteiger partial charge in [-0.15, -0.1) is 11.3 Å². The van der Waals surface area contributed by atoms with Gasteiger partial charge in [0, 0.05) is 5.02 Å². The SMILES string of the molecule is CS(=O)(=O)O/N=C(\C#N)c1nc2ccc(Cl)cc2s1. The number of thiazole rings is 1. The van der Waals surface area contributed by atoms with Crippen LogP contribution in [0.25, 0.3) is 10.2 Å². The Balaban J connectivity index is 2.45. The fourth-order valence-electron chi connectivity index (χ4n) is 1.21. The minimum atomic E-state index is -3.76. The molecule has 0 aliphatic heterocycles. The highest BCUT2D eigenvalue weighted by atomic mass is 35.5. The summed E-state index contributed by atoms with van der Waals surface area (Å²) in [6.45, 7) is 0. The van der Waals surface area contributed by atoms with Crippen molar-refractivity contribution in [1.82, 2.24) is 4.98 Å². The molecular formula is C10H6ClN3O3S2. The van der Waals surface area contributed by atoms with Crippen molar-refractivity contribution in [1.29, 1.82) is 5.26 Å². The molecule has 1 aromatic carbocycles. The molecule has 0 amide bonds. The summed E-state index contributed by atoms with van der Waals surface area (Å²) >= 11 is 7.01. The lowest BCUT2D eigenvalue weighted by atomic mass is 10.3. The van der Waals surface area contributed by atoms with Crippen molar-refractivity contribution in [3.05, 3.63) is 28.2 Å². The zero-order valence-electron chi connectivity index (χ0n) is 9.49. The van der Waals surface area contributed by atoms with Gasteiger partial charge < -0.3 is 0 Å². The Morgan fingerprint density at radius 3 is 2.95 bits per heavy atom. The third-order valence-corrected chi connectivity index (χ3v) is 3.53. The van der Waals surface area contributed by atoms with E-state index in [0.717, 1.165) is 11.0 Å². The second-order valence-electron chi connectivity index (χ2n) is 3.46. The number of rotatable bonds is 3. The van der Waals surface area contributed by atoms with Gasteiger partial charge in [-0.3, -0.25) is 4.28 Å². The highest BCUT2D eigenvalue weighted by molar-refractivity contribution is 7.85. The normalized spacial score (nSPS) is 12.4. The first-order valence-corrected chi connectivity index (χ1v) is 7.83. The molecule has 0 atom stereocenters. The molecule has 2 aromatic rings. The zero-order chi connectivity index (χ0) is 14.0. The smallest absolute Gasteiger partial charge is 0.267 e. The maximum absolute atomic E-state index is 10.8. The van der Waals surface area contributed by atoms with E-state index in [1.165, 1.54) is 11.3 Å². The third kappa shape index (κ3) is 3.41. The molecule has 0 saturated heterocycles. The molecule has 0 saturated carbocycles. The van der Waals surface area contributed by atoms with Gasteiger partial charge in [0.1, 0.15) is 6.07 Å². The van der Waals surface area contributed by atoms with Gasteiger partial charge in [0.15, 0.2) is 5.01 Å². The molecule has 1 heterocycles. The lowest BCUT2D eigenvalue weighted by molar-refractivity contribution is 0.344. The molecule has 0 radical (unpaired) electrons. The van der Waals surface area contributed by atoms with E-state index in [4.69, 9.17) is 16.9 Å². The van der Waals surface area contributed by atoms with Crippen LogP contribution in [0.2, 0.25) is 5.02 Å². The number of hydrogen-bond acceptors (Lipinski definition) is 7. The van der Waals surface area contributed by atoms with E-state index in [0.29, 0.717) is 10.5 Å². The molecule has 0 aliphatic carbocycles. The van der Waals surface area contributed by atoms with Gasteiger partial charge in [-0.05, 0) is 18.2 Å². The fourth-order valence-corrected chi connectivity index (χ4v) is 2.59. The number of nitrogens with zero attached hydrogens (tertiary/aromatic N) is 3. The Hall–Kier alpha value is -1.69. The maximum Gasteiger partial charge on any atom is 0.325 e. The van der Waals surface area contributed by atoms with Crippen molar-refractivity contribution in [2.24, 2.45) is 5.16 Å². The van der Waals surface area contributed by atoms with Crippen molar-refractivity contribution >= 4 is 49.0 Å². The molecule has 0 unspecified atom stereocenters. The largest absolute Gasteiger partial charge is 0.325 e. The summed E-state index contributed by atoms with van der Waals surface area (Å²) in [6, 6.07) is 6.81. The first-order valence-electron chi connectivity index (χ1n) is 4.82. The molecule has 19 heavy (non-hydrogen) atoms. The van der Waals surface area contributed by atoms with Crippen LogP contribution >= 0.6 is 22.9 Å². The van der Waals surface area contributed by atoms with E-state index in [1.54, 1.807) is 24.3 Å². The van der Waals surface area contributed by atoms with E-state index in [1.807, 2.05) is 0 Å². The second-order valence-corrected chi connectivity index (χ2v) is 6.49. The topological polar surface area (TPSA) is 92.4 Å². The van der Waals surface area contributed by atoms with E-state index in [-0.39, 0.29) is 10.7 Å². The molecule has 0 aliphatic rings. The first kappa shape index (κ1) is 13.7. The predicted molar refractivity (Wildman–Crippen MR) is 72.7 cm³/mol. The number of halogens is 1. The molecule has 2 rings (SSSR count). The molecule has 6 nitrogen and oxygen atoms in total. The summed E-state index contributed by atoms with van der Waals surface area (Å²) in [5.41, 5.74) is 0.439. The van der Waals surface area contributed by atoms with Crippen LogP contribution in [0.5, 0.6) is 0 Å². The molecule has 0 fully saturated rings. The zero-order valence-corrected chi connectivity index (χ0v) is 11.9. The van der Waals surface area contributed by atoms with E-state index < -0.39 is 10.1 Å². The summed E-state index contributed by atoms with van der Waals surface area (Å²) in [4.78, 5) is 4.16. The van der Waals surface area contributed by atoms with Gasteiger partial charge in [0.25, 0.3) is 0 Å². The molecule has 1 aromatic heterocycles. The highest BCUT2D eigenvalue weighted by Gasteiger charge is 2.12. The Kier molecular flexibility index (Phi) is 3.71. The van der Waals surface area contributed by atoms with Crippen LogP contribution in [-0.4, -0.2) is 25.4 Å². The van der Waals surface area contributed by atoms with Crippen molar-refractivity contribution in [3.8, 4) is 6.07 Å². The molecule has 0 N–H and O–H groups in total. The molecule has 98 valence electrons. The number of fused-ring (bicyclic) bond motifs is 1. The van der Waals surface area contributed by atoms with Gasteiger partial charge >= 0.3 is 10.1 Å². The highest BCUT2D eigenvalue weighted by Crippen LogP contribution is 2.25. The quantitative estimate of drug-likeness (QED) is 0.639. The fraction of sp³-hybridized carbons (Fsp3) is 0.100. The summed E-state index contributed by atoms with van der Waals surface area (Å²) in [5.74, 6) is 0. The van der Waals surface area contributed by atoms with Crippen LogP contribution in [0.4, 0.5) is 0 Å². The number of oxime groups is 1. The maximum atomic E-state index is 10.8. The molecular weight excluding hydrogens is 310 g/mol. The number of benzene rings is 1. The standard InChI is InChI=1S/C10H6ClN3O3S2/c1-19(15,16)17-14-8(5-12)10-13-7-3-2-6(11)4-9(7)18-10/h2-4H,1H3/b14-8+.